The number of carbonyl (C=O) groups excluding carboxylic acids is 1. The van der Waals surface area contributed by atoms with Crippen molar-refractivity contribution in [3.05, 3.63) is 108 Å². The standard InChI is InChI=1S/C35H35N3O5S/c1-42-26-13-17-30(31(20-26)43-2)38-44(40,41)27-14-11-25(12-15-27)36-35(39)24-10-16-29-28(19-24)32-22-8-9-23(18-22)33(32)34(37-29)21-6-4-3-5-7-21/h3-7,10-17,19-20,22-23,32-34,37-38H,8-9,18H2,1-2H3,(H,36,39)/t22-,23-,32-,33-,34-/m0/s1. The highest BCUT2D eigenvalue weighted by Crippen LogP contribution is 2.63. The van der Waals surface area contributed by atoms with E-state index >= 15 is 0 Å². The first kappa shape index (κ1) is 28.3. The molecule has 4 aromatic rings. The summed E-state index contributed by atoms with van der Waals surface area (Å²) in [6.45, 7) is 0. The molecule has 1 heterocycles. The van der Waals surface area contributed by atoms with E-state index in [1.165, 1.54) is 56.7 Å². The van der Waals surface area contributed by atoms with Crippen LogP contribution in [-0.4, -0.2) is 28.5 Å². The van der Waals surface area contributed by atoms with E-state index in [0.717, 1.165) is 5.69 Å². The number of hydrogen-bond donors (Lipinski definition) is 3. The third-order valence-corrected chi connectivity index (χ3v) is 11.0. The molecule has 5 atom stereocenters. The van der Waals surface area contributed by atoms with Crippen molar-refractivity contribution < 1.29 is 22.7 Å². The summed E-state index contributed by atoms with van der Waals surface area (Å²) in [6, 6.07) is 27.9. The van der Waals surface area contributed by atoms with Crippen LogP contribution in [0, 0.1) is 17.8 Å². The topological polar surface area (TPSA) is 106 Å². The third-order valence-electron chi connectivity index (χ3n) is 9.58. The normalized spacial score (nSPS) is 23.2. The first-order valence-corrected chi connectivity index (χ1v) is 16.4. The molecule has 0 saturated heterocycles. The summed E-state index contributed by atoms with van der Waals surface area (Å²) < 4.78 is 39.2. The van der Waals surface area contributed by atoms with E-state index in [2.05, 4.69) is 51.8 Å². The van der Waals surface area contributed by atoms with Gasteiger partial charge in [-0.05, 0) is 109 Å². The van der Waals surface area contributed by atoms with Gasteiger partial charge in [0.1, 0.15) is 11.5 Å². The maximum atomic E-state index is 13.4. The maximum Gasteiger partial charge on any atom is 0.262 e. The van der Waals surface area contributed by atoms with Crippen molar-refractivity contribution in [2.75, 3.05) is 29.6 Å². The second-order valence-corrected chi connectivity index (χ2v) is 13.6. The first-order chi connectivity index (χ1) is 21.3. The zero-order chi connectivity index (χ0) is 30.4. The molecule has 2 fully saturated rings. The van der Waals surface area contributed by atoms with E-state index in [4.69, 9.17) is 9.47 Å². The fourth-order valence-corrected chi connectivity index (χ4v) is 8.70. The number of rotatable bonds is 8. The van der Waals surface area contributed by atoms with Crippen LogP contribution in [0.25, 0.3) is 0 Å². The number of carbonyl (C=O) groups is 1. The Morgan fingerprint density at radius 3 is 2.39 bits per heavy atom. The van der Waals surface area contributed by atoms with Crippen LogP contribution in [0.5, 0.6) is 11.5 Å². The number of ether oxygens (including phenoxy) is 2. The number of benzene rings is 4. The molecule has 0 radical (unpaired) electrons. The summed E-state index contributed by atoms with van der Waals surface area (Å²) >= 11 is 0. The molecule has 0 aromatic heterocycles. The molecular formula is C35H35N3O5S. The summed E-state index contributed by atoms with van der Waals surface area (Å²) in [7, 11) is -0.917. The smallest absolute Gasteiger partial charge is 0.262 e. The van der Waals surface area contributed by atoms with Gasteiger partial charge >= 0.3 is 0 Å². The van der Waals surface area contributed by atoms with Crippen molar-refractivity contribution >= 4 is 33.0 Å². The zero-order valence-corrected chi connectivity index (χ0v) is 25.4. The van der Waals surface area contributed by atoms with Gasteiger partial charge < -0.3 is 20.1 Å². The molecule has 1 amide bonds. The highest BCUT2D eigenvalue weighted by Gasteiger charge is 2.53. The number of anilines is 3. The van der Waals surface area contributed by atoms with Crippen molar-refractivity contribution in [2.24, 2.45) is 17.8 Å². The van der Waals surface area contributed by atoms with Crippen molar-refractivity contribution in [1.82, 2.24) is 0 Å². The lowest BCUT2D eigenvalue weighted by molar-refractivity contribution is 0.102. The van der Waals surface area contributed by atoms with Crippen LogP contribution in [0.1, 0.15) is 52.7 Å². The Morgan fingerprint density at radius 1 is 0.864 bits per heavy atom. The molecular weight excluding hydrogens is 574 g/mol. The lowest BCUT2D eigenvalue weighted by Gasteiger charge is -2.43. The van der Waals surface area contributed by atoms with Crippen LogP contribution < -0.4 is 24.8 Å². The van der Waals surface area contributed by atoms with Crippen LogP contribution >= 0.6 is 0 Å². The number of hydrogen-bond acceptors (Lipinski definition) is 6. The van der Waals surface area contributed by atoms with Gasteiger partial charge in [0.25, 0.3) is 15.9 Å². The van der Waals surface area contributed by atoms with Gasteiger partial charge in [-0.1, -0.05) is 30.3 Å². The van der Waals surface area contributed by atoms with Gasteiger partial charge in [-0.25, -0.2) is 8.42 Å². The molecule has 7 rings (SSSR count). The van der Waals surface area contributed by atoms with Gasteiger partial charge in [0.05, 0.1) is 30.8 Å². The number of amides is 1. The quantitative estimate of drug-likeness (QED) is 0.198. The van der Waals surface area contributed by atoms with Gasteiger partial charge in [0, 0.05) is 23.0 Å². The summed E-state index contributed by atoms with van der Waals surface area (Å²) in [5, 5.41) is 6.77. The lowest BCUT2D eigenvalue weighted by Crippen LogP contribution is -2.35. The Labute approximate surface area is 257 Å². The van der Waals surface area contributed by atoms with E-state index in [1.54, 1.807) is 30.3 Å². The predicted molar refractivity (Wildman–Crippen MR) is 171 cm³/mol. The summed E-state index contributed by atoms with van der Waals surface area (Å²) in [5.41, 5.74) is 5.07. The SMILES string of the molecule is COc1ccc(NS(=O)(=O)c2ccc(NC(=O)c3ccc4c(c3)[C@@H]3[C@H]5CC[C@@H](C5)[C@@H]3[C@H](c3ccccc3)N4)cc2)c(OC)c1. The highest BCUT2D eigenvalue weighted by atomic mass is 32.2. The molecule has 2 bridgehead atoms. The summed E-state index contributed by atoms with van der Waals surface area (Å²) in [6.07, 6.45) is 3.78. The zero-order valence-electron chi connectivity index (χ0n) is 24.6. The summed E-state index contributed by atoms with van der Waals surface area (Å²) in [4.78, 5) is 13.5. The van der Waals surface area contributed by atoms with Crippen LogP contribution in [0.2, 0.25) is 0 Å². The van der Waals surface area contributed by atoms with Gasteiger partial charge in [0.2, 0.25) is 0 Å². The third kappa shape index (κ3) is 5.05. The minimum atomic E-state index is -3.90. The Kier molecular flexibility index (Phi) is 7.20. The van der Waals surface area contributed by atoms with Crippen molar-refractivity contribution in [3.63, 3.8) is 0 Å². The molecule has 226 valence electrons. The molecule has 0 spiro atoms. The summed E-state index contributed by atoms with van der Waals surface area (Å²) in [5.74, 6) is 2.96. The van der Waals surface area contributed by atoms with Gasteiger partial charge in [0.15, 0.2) is 0 Å². The molecule has 8 nitrogen and oxygen atoms in total. The molecule has 44 heavy (non-hydrogen) atoms. The number of fused-ring (bicyclic) bond motifs is 7. The maximum absolute atomic E-state index is 13.4. The van der Waals surface area contributed by atoms with Gasteiger partial charge in [-0.3, -0.25) is 9.52 Å². The van der Waals surface area contributed by atoms with E-state index in [-0.39, 0.29) is 16.8 Å². The second kappa shape index (κ2) is 11.2. The van der Waals surface area contributed by atoms with Crippen LogP contribution in [-0.2, 0) is 10.0 Å². The van der Waals surface area contributed by atoms with Crippen molar-refractivity contribution in [1.29, 1.82) is 0 Å². The number of nitrogens with one attached hydrogen (secondary N) is 3. The molecule has 2 aliphatic carbocycles. The average molecular weight is 610 g/mol. The minimum Gasteiger partial charge on any atom is -0.497 e. The largest absolute Gasteiger partial charge is 0.497 e. The number of sulfonamides is 1. The molecule has 9 heteroatoms. The predicted octanol–water partition coefficient (Wildman–Crippen LogP) is 7.05. The highest BCUT2D eigenvalue weighted by molar-refractivity contribution is 7.92. The average Bonchev–Trinajstić information content (AvgIpc) is 3.68. The Hall–Kier alpha value is -4.50. The van der Waals surface area contributed by atoms with Crippen molar-refractivity contribution in [3.8, 4) is 11.5 Å². The van der Waals surface area contributed by atoms with E-state index < -0.39 is 10.0 Å². The van der Waals surface area contributed by atoms with E-state index in [0.29, 0.717) is 52.1 Å². The molecule has 4 aromatic carbocycles. The number of methoxy groups -OCH3 is 2. The van der Waals surface area contributed by atoms with Crippen molar-refractivity contribution in [2.45, 2.75) is 36.1 Å². The van der Waals surface area contributed by atoms with Crippen LogP contribution in [0.15, 0.2) is 95.9 Å². The Balaban J connectivity index is 1.08. The van der Waals surface area contributed by atoms with Gasteiger partial charge in [-0.2, -0.15) is 0 Å². The molecule has 3 N–H and O–H groups in total. The van der Waals surface area contributed by atoms with Crippen LogP contribution in [0.4, 0.5) is 17.1 Å². The Morgan fingerprint density at radius 2 is 1.64 bits per heavy atom. The lowest BCUT2D eigenvalue weighted by atomic mass is 9.68. The fourth-order valence-electron chi connectivity index (χ4n) is 7.62. The second-order valence-electron chi connectivity index (χ2n) is 11.9. The van der Waals surface area contributed by atoms with Gasteiger partial charge in [-0.15, -0.1) is 0 Å². The molecule has 3 aliphatic rings. The fraction of sp³-hybridized carbons (Fsp3) is 0.286. The first-order valence-electron chi connectivity index (χ1n) is 15.0. The molecule has 1 aliphatic heterocycles. The molecule has 2 saturated carbocycles. The van der Waals surface area contributed by atoms with E-state index in [1.807, 2.05) is 12.1 Å². The molecule has 0 unspecified atom stereocenters. The monoisotopic (exact) mass is 609 g/mol. The minimum absolute atomic E-state index is 0.0588. The van der Waals surface area contributed by atoms with E-state index in [9.17, 15) is 13.2 Å². The Bertz CT molecular complexity index is 1810. The van der Waals surface area contributed by atoms with Crippen LogP contribution in [0.3, 0.4) is 0 Å².